The first-order chi connectivity index (χ1) is 11.6. The van der Waals surface area contributed by atoms with Gasteiger partial charge in [-0.2, -0.15) is 0 Å². The highest BCUT2D eigenvalue weighted by molar-refractivity contribution is 5.94. The van der Waals surface area contributed by atoms with Crippen LogP contribution in [0.3, 0.4) is 0 Å². The lowest BCUT2D eigenvalue weighted by Gasteiger charge is -2.34. The summed E-state index contributed by atoms with van der Waals surface area (Å²) in [6, 6.07) is 13.2. The standard InChI is InChI=1S/C19H22N2O3/c1-14-8-10-21(12-17(14)22)19(23)16-7-9-20-18(11-16)24-13-15-5-3-2-4-6-15/h2-7,9,11,14,17,22H,8,10,12-13H2,1H3. The van der Waals surface area contributed by atoms with Crippen molar-refractivity contribution in [2.24, 2.45) is 5.92 Å². The van der Waals surface area contributed by atoms with Crippen LogP contribution in [0, 0.1) is 5.92 Å². The highest BCUT2D eigenvalue weighted by Gasteiger charge is 2.28. The molecule has 0 radical (unpaired) electrons. The van der Waals surface area contributed by atoms with Crippen LogP contribution in [0.1, 0.15) is 29.3 Å². The average molecular weight is 326 g/mol. The summed E-state index contributed by atoms with van der Waals surface area (Å²) in [7, 11) is 0. The number of benzene rings is 1. The van der Waals surface area contributed by atoms with Crippen LogP contribution in [0.25, 0.3) is 0 Å². The van der Waals surface area contributed by atoms with E-state index in [1.165, 1.54) is 0 Å². The fourth-order valence-electron chi connectivity index (χ4n) is 2.77. The number of likely N-dealkylation sites (tertiary alicyclic amines) is 1. The van der Waals surface area contributed by atoms with E-state index in [1.807, 2.05) is 37.3 Å². The maximum atomic E-state index is 12.6. The lowest BCUT2D eigenvalue weighted by atomic mass is 9.95. The molecule has 1 aliphatic heterocycles. The average Bonchev–Trinajstić information content (AvgIpc) is 2.63. The van der Waals surface area contributed by atoms with Gasteiger partial charge in [0.1, 0.15) is 6.61 Å². The topological polar surface area (TPSA) is 62.7 Å². The molecule has 1 aromatic heterocycles. The van der Waals surface area contributed by atoms with Crippen LogP contribution in [0.4, 0.5) is 0 Å². The van der Waals surface area contributed by atoms with Gasteiger partial charge in [-0.25, -0.2) is 4.98 Å². The molecular weight excluding hydrogens is 304 g/mol. The van der Waals surface area contributed by atoms with Crippen LogP contribution in [0.15, 0.2) is 48.7 Å². The van der Waals surface area contributed by atoms with Gasteiger partial charge >= 0.3 is 0 Å². The summed E-state index contributed by atoms with van der Waals surface area (Å²) in [4.78, 5) is 18.5. The number of β-amino-alcohol motifs (C(OH)–C–C–N with tert-alkyl or cyclic N) is 1. The van der Waals surface area contributed by atoms with E-state index in [4.69, 9.17) is 4.74 Å². The molecule has 0 bridgehead atoms. The molecule has 3 rings (SSSR count). The lowest BCUT2D eigenvalue weighted by Crippen LogP contribution is -2.45. The van der Waals surface area contributed by atoms with Gasteiger partial charge in [0, 0.05) is 30.9 Å². The van der Waals surface area contributed by atoms with Crippen molar-refractivity contribution in [3.8, 4) is 5.88 Å². The number of aliphatic hydroxyl groups excluding tert-OH is 1. The Hall–Kier alpha value is -2.40. The number of pyridine rings is 1. The third kappa shape index (κ3) is 3.92. The zero-order valence-electron chi connectivity index (χ0n) is 13.8. The van der Waals surface area contributed by atoms with E-state index in [2.05, 4.69) is 4.98 Å². The van der Waals surface area contributed by atoms with E-state index in [0.717, 1.165) is 12.0 Å². The molecule has 2 heterocycles. The number of aromatic nitrogens is 1. The lowest BCUT2D eigenvalue weighted by molar-refractivity contribution is 0.0248. The van der Waals surface area contributed by atoms with Crippen LogP contribution in [0.5, 0.6) is 5.88 Å². The van der Waals surface area contributed by atoms with E-state index >= 15 is 0 Å². The number of amides is 1. The van der Waals surface area contributed by atoms with Crippen molar-refractivity contribution in [1.29, 1.82) is 0 Å². The van der Waals surface area contributed by atoms with Crippen molar-refractivity contribution < 1.29 is 14.6 Å². The molecule has 2 aromatic rings. The molecule has 2 atom stereocenters. The SMILES string of the molecule is CC1CCN(C(=O)c2ccnc(OCc3ccccc3)c2)CC1O. The largest absolute Gasteiger partial charge is 0.473 e. The molecule has 1 saturated heterocycles. The van der Waals surface area contributed by atoms with Crippen molar-refractivity contribution in [3.63, 3.8) is 0 Å². The first-order valence-electron chi connectivity index (χ1n) is 8.23. The smallest absolute Gasteiger partial charge is 0.254 e. The molecule has 1 N–H and O–H groups in total. The van der Waals surface area contributed by atoms with Gasteiger partial charge in [-0.1, -0.05) is 37.3 Å². The monoisotopic (exact) mass is 326 g/mol. The molecule has 0 aliphatic carbocycles. The van der Waals surface area contributed by atoms with E-state index in [1.54, 1.807) is 23.2 Å². The van der Waals surface area contributed by atoms with E-state index < -0.39 is 6.10 Å². The van der Waals surface area contributed by atoms with E-state index in [-0.39, 0.29) is 11.8 Å². The fraction of sp³-hybridized carbons (Fsp3) is 0.368. The second-order valence-electron chi connectivity index (χ2n) is 6.24. The third-order valence-corrected chi connectivity index (χ3v) is 4.42. The second kappa shape index (κ2) is 7.45. The highest BCUT2D eigenvalue weighted by Crippen LogP contribution is 2.20. The van der Waals surface area contributed by atoms with Crippen LogP contribution < -0.4 is 4.74 Å². The molecule has 1 amide bonds. The van der Waals surface area contributed by atoms with Crippen LogP contribution in [0.2, 0.25) is 0 Å². The van der Waals surface area contributed by atoms with Gasteiger partial charge in [0.2, 0.25) is 5.88 Å². The Morgan fingerprint density at radius 1 is 1.33 bits per heavy atom. The van der Waals surface area contributed by atoms with Crippen molar-refractivity contribution in [3.05, 3.63) is 59.8 Å². The Labute approximate surface area is 141 Å². The Bertz CT molecular complexity index is 690. The molecule has 1 fully saturated rings. The van der Waals surface area contributed by atoms with Crippen LogP contribution in [-0.2, 0) is 6.61 Å². The molecule has 5 heteroatoms. The minimum Gasteiger partial charge on any atom is -0.473 e. The van der Waals surface area contributed by atoms with Crippen LogP contribution in [-0.4, -0.2) is 40.1 Å². The molecule has 0 spiro atoms. The molecule has 0 saturated carbocycles. The molecule has 126 valence electrons. The minimum atomic E-state index is -0.460. The molecular formula is C19H22N2O3. The zero-order chi connectivity index (χ0) is 16.9. The summed E-state index contributed by atoms with van der Waals surface area (Å²) >= 11 is 0. The van der Waals surface area contributed by atoms with Crippen LogP contribution >= 0.6 is 0 Å². The maximum absolute atomic E-state index is 12.6. The minimum absolute atomic E-state index is 0.0899. The molecule has 1 aromatic carbocycles. The van der Waals surface area contributed by atoms with Gasteiger partial charge < -0.3 is 14.7 Å². The summed E-state index contributed by atoms with van der Waals surface area (Å²) in [5, 5.41) is 9.98. The number of aliphatic hydroxyl groups is 1. The van der Waals surface area contributed by atoms with Gasteiger partial charge in [0.05, 0.1) is 6.10 Å². The number of carbonyl (C=O) groups is 1. The normalized spacial score (nSPS) is 20.7. The molecule has 1 aliphatic rings. The first-order valence-corrected chi connectivity index (χ1v) is 8.23. The van der Waals surface area contributed by atoms with Gasteiger partial charge in [0.15, 0.2) is 0 Å². The number of rotatable bonds is 4. The zero-order valence-corrected chi connectivity index (χ0v) is 13.8. The fourth-order valence-corrected chi connectivity index (χ4v) is 2.77. The Kier molecular flexibility index (Phi) is 5.11. The summed E-state index contributed by atoms with van der Waals surface area (Å²) in [5.74, 6) is 0.569. The number of ether oxygens (including phenoxy) is 1. The van der Waals surface area contributed by atoms with Crippen molar-refractivity contribution in [2.75, 3.05) is 13.1 Å². The van der Waals surface area contributed by atoms with E-state index in [9.17, 15) is 9.90 Å². The Balaban J connectivity index is 1.65. The van der Waals surface area contributed by atoms with Crippen molar-refractivity contribution in [2.45, 2.75) is 26.1 Å². The van der Waals surface area contributed by atoms with Gasteiger partial charge in [0.25, 0.3) is 5.91 Å². The molecule has 24 heavy (non-hydrogen) atoms. The van der Waals surface area contributed by atoms with Gasteiger partial charge in [-0.3, -0.25) is 4.79 Å². The quantitative estimate of drug-likeness (QED) is 0.938. The number of hydrogen-bond acceptors (Lipinski definition) is 4. The van der Waals surface area contributed by atoms with Crippen molar-refractivity contribution >= 4 is 5.91 Å². The predicted octanol–water partition coefficient (Wildman–Crippen LogP) is 2.50. The first kappa shape index (κ1) is 16.5. The highest BCUT2D eigenvalue weighted by atomic mass is 16.5. The van der Waals surface area contributed by atoms with Gasteiger partial charge in [-0.15, -0.1) is 0 Å². The van der Waals surface area contributed by atoms with Crippen molar-refractivity contribution in [1.82, 2.24) is 9.88 Å². The number of nitrogens with zero attached hydrogens (tertiary/aromatic N) is 2. The summed E-state index contributed by atoms with van der Waals surface area (Å²) in [6.07, 6.45) is 1.93. The summed E-state index contributed by atoms with van der Waals surface area (Å²) < 4.78 is 5.68. The number of piperidine rings is 1. The maximum Gasteiger partial charge on any atom is 0.254 e. The Morgan fingerprint density at radius 3 is 2.88 bits per heavy atom. The Morgan fingerprint density at radius 2 is 2.12 bits per heavy atom. The number of carbonyl (C=O) groups excluding carboxylic acids is 1. The summed E-state index contributed by atoms with van der Waals surface area (Å²) in [6.45, 7) is 3.46. The molecule has 2 unspecified atom stereocenters. The van der Waals surface area contributed by atoms with E-state index in [0.29, 0.717) is 31.1 Å². The second-order valence-corrected chi connectivity index (χ2v) is 6.24. The predicted molar refractivity (Wildman–Crippen MR) is 90.7 cm³/mol. The third-order valence-electron chi connectivity index (χ3n) is 4.42. The van der Waals surface area contributed by atoms with Gasteiger partial charge in [-0.05, 0) is 24.0 Å². The summed E-state index contributed by atoms with van der Waals surface area (Å²) in [5.41, 5.74) is 1.58. The molecule has 5 nitrogen and oxygen atoms in total. The number of hydrogen-bond donors (Lipinski definition) is 1.